The SMILES string of the molecule is Cc1ncsc1C(=O)N1CC[C@@]23OCCN2C(=O)C[C@@H]13. The Bertz CT molecular complexity index is 601. The average molecular weight is 293 g/mol. The number of nitrogens with zero attached hydrogens (tertiary/aromatic N) is 3. The van der Waals surface area contributed by atoms with Crippen LogP contribution in [0.3, 0.4) is 0 Å². The van der Waals surface area contributed by atoms with Crippen molar-refractivity contribution in [2.75, 3.05) is 19.7 Å². The first-order valence-corrected chi connectivity index (χ1v) is 7.67. The van der Waals surface area contributed by atoms with Crippen molar-refractivity contribution < 1.29 is 14.3 Å². The summed E-state index contributed by atoms with van der Waals surface area (Å²) in [5.41, 5.74) is 1.90. The first-order valence-electron chi connectivity index (χ1n) is 6.79. The molecule has 106 valence electrons. The number of ether oxygens (including phenoxy) is 1. The topological polar surface area (TPSA) is 62.7 Å². The fourth-order valence-corrected chi connectivity index (χ4v) is 4.43. The summed E-state index contributed by atoms with van der Waals surface area (Å²) in [4.78, 5) is 33.2. The number of hydrogen-bond acceptors (Lipinski definition) is 5. The van der Waals surface area contributed by atoms with Crippen molar-refractivity contribution >= 4 is 23.2 Å². The molecule has 4 heterocycles. The summed E-state index contributed by atoms with van der Waals surface area (Å²) in [6.07, 6.45) is 1.09. The Hall–Kier alpha value is -1.47. The molecule has 0 radical (unpaired) electrons. The van der Waals surface area contributed by atoms with Gasteiger partial charge in [-0.2, -0.15) is 0 Å². The summed E-state index contributed by atoms with van der Waals surface area (Å²) in [6, 6.07) is -0.147. The van der Waals surface area contributed by atoms with Gasteiger partial charge in [-0.05, 0) is 6.92 Å². The maximum Gasteiger partial charge on any atom is 0.266 e. The van der Waals surface area contributed by atoms with Crippen molar-refractivity contribution in [2.24, 2.45) is 0 Å². The number of thiazole rings is 1. The molecule has 20 heavy (non-hydrogen) atoms. The predicted molar refractivity (Wildman–Crippen MR) is 71.3 cm³/mol. The molecule has 4 rings (SSSR count). The van der Waals surface area contributed by atoms with Crippen molar-refractivity contribution in [3.8, 4) is 0 Å². The van der Waals surface area contributed by atoms with Crippen molar-refractivity contribution in [3.63, 3.8) is 0 Å². The van der Waals surface area contributed by atoms with E-state index in [0.29, 0.717) is 37.4 Å². The molecule has 2 amide bonds. The number of amides is 2. The normalized spacial score (nSPS) is 31.9. The molecule has 0 unspecified atom stereocenters. The molecule has 3 aliphatic heterocycles. The first kappa shape index (κ1) is 12.3. The molecule has 3 saturated heterocycles. The van der Waals surface area contributed by atoms with E-state index in [1.807, 2.05) is 16.7 Å². The second kappa shape index (κ2) is 4.02. The van der Waals surface area contributed by atoms with Crippen LogP contribution in [-0.2, 0) is 9.53 Å². The molecule has 0 saturated carbocycles. The number of hydrogen-bond donors (Lipinski definition) is 0. The summed E-state index contributed by atoms with van der Waals surface area (Å²) in [5, 5.41) is 0. The molecule has 0 N–H and O–H groups in total. The molecule has 7 heteroatoms. The van der Waals surface area contributed by atoms with Crippen LogP contribution >= 0.6 is 11.3 Å². The van der Waals surface area contributed by atoms with Gasteiger partial charge in [-0.15, -0.1) is 11.3 Å². The van der Waals surface area contributed by atoms with Crippen molar-refractivity contribution in [1.82, 2.24) is 14.8 Å². The Morgan fingerprint density at radius 1 is 1.55 bits per heavy atom. The monoisotopic (exact) mass is 293 g/mol. The van der Waals surface area contributed by atoms with Crippen LogP contribution < -0.4 is 0 Å². The van der Waals surface area contributed by atoms with E-state index < -0.39 is 5.72 Å². The maximum atomic E-state index is 12.7. The third-order valence-corrected chi connectivity index (χ3v) is 5.52. The molecule has 1 aromatic heterocycles. The molecule has 3 fully saturated rings. The summed E-state index contributed by atoms with van der Waals surface area (Å²) in [7, 11) is 0. The van der Waals surface area contributed by atoms with Gasteiger partial charge in [-0.1, -0.05) is 0 Å². The van der Waals surface area contributed by atoms with Crippen LogP contribution in [0.2, 0.25) is 0 Å². The first-order chi connectivity index (χ1) is 9.63. The molecule has 6 nitrogen and oxygen atoms in total. The molecule has 1 spiro atoms. The minimum atomic E-state index is -0.550. The van der Waals surface area contributed by atoms with Gasteiger partial charge in [-0.25, -0.2) is 4.98 Å². The number of rotatable bonds is 1. The minimum absolute atomic E-state index is 0.0166. The smallest absolute Gasteiger partial charge is 0.266 e. The van der Waals surface area contributed by atoms with Crippen LogP contribution in [0.25, 0.3) is 0 Å². The zero-order chi connectivity index (χ0) is 13.9. The number of carbonyl (C=O) groups excluding carboxylic acids is 2. The lowest BCUT2D eigenvalue weighted by Gasteiger charge is -2.31. The largest absolute Gasteiger partial charge is 0.351 e. The lowest BCUT2D eigenvalue weighted by Crippen LogP contribution is -2.48. The van der Waals surface area contributed by atoms with Crippen LogP contribution in [0.1, 0.15) is 28.2 Å². The zero-order valence-electron chi connectivity index (χ0n) is 11.2. The van der Waals surface area contributed by atoms with E-state index in [2.05, 4.69) is 4.98 Å². The van der Waals surface area contributed by atoms with Crippen molar-refractivity contribution in [3.05, 3.63) is 16.1 Å². The van der Waals surface area contributed by atoms with E-state index in [0.717, 1.165) is 5.69 Å². The zero-order valence-corrected chi connectivity index (χ0v) is 12.0. The molecule has 2 atom stereocenters. The Morgan fingerprint density at radius 2 is 2.40 bits per heavy atom. The van der Waals surface area contributed by atoms with E-state index in [1.165, 1.54) is 11.3 Å². The van der Waals surface area contributed by atoms with Gasteiger partial charge in [0.1, 0.15) is 4.88 Å². The summed E-state index contributed by atoms with van der Waals surface area (Å²) in [5.74, 6) is 0.0862. The summed E-state index contributed by atoms with van der Waals surface area (Å²) in [6.45, 7) is 3.71. The van der Waals surface area contributed by atoms with Crippen molar-refractivity contribution in [1.29, 1.82) is 0 Å². The van der Waals surface area contributed by atoms with Gasteiger partial charge >= 0.3 is 0 Å². The van der Waals surface area contributed by atoms with E-state index in [4.69, 9.17) is 4.74 Å². The lowest BCUT2D eigenvalue weighted by molar-refractivity contribution is -0.136. The highest BCUT2D eigenvalue weighted by molar-refractivity contribution is 7.11. The van der Waals surface area contributed by atoms with Gasteiger partial charge in [0.25, 0.3) is 5.91 Å². The Balaban J connectivity index is 1.68. The maximum absolute atomic E-state index is 12.7. The Morgan fingerprint density at radius 3 is 3.15 bits per heavy atom. The van der Waals surface area contributed by atoms with E-state index in [-0.39, 0.29) is 17.9 Å². The second-order valence-corrected chi connectivity index (χ2v) is 6.33. The fourth-order valence-electron chi connectivity index (χ4n) is 3.67. The van der Waals surface area contributed by atoms with E-state index in [1.54, 1.807) is 5.51 Å². The third kappa shape index (κ3) is 1.39. The fraction of sp³-hybridized carbons (Fsp3) is 0.615. The minimum Gasteiger partial charge on any atom is -0.351 e. The number of likely N-dealkylation sites (tertiary alicyclic amines) is 1. The molecule has 0 aliphatic carbocycles. The number of aromatic nitrogens is 1. The number of aryl methyl sites for hydroxylation is 1. The van der Waals surface area contributed by atoms with E-state index in [9.17, 15) is 9.59 Å². The molecule has 0 bridgehead atoms. The summed E-state index contributed by atoms with van der Waals surface area (Å²) < 4.78 is 5.89. The molecular formula is C13H15N3O3S. The third-order valence-electron chi connectivity index (χ3n) is 4.60. The molecule has 0 aromatic carbocycles. The standard InChI is InChI=1S/C13H15N3O3S/c1-8-11(20-7-14-8)12(18)15-3-2-13-9(15)6-10(17)16(13)4-5-19-13/h7,9H,2-6H2,1H3/t9-,13+/m1/s1. The van der Waals surface area contributed by atoms with Gasteiger partial charge in [0.05, 0.1) is 30.3 Å². The van der Waals surface area contributed by atoms with E-state index >= 15 is 0 Å². The Kier molecular flexibility index (Phi) is 2.47. The highest BCUT2D eigenvalue weighted by atomic mass is 32.1. The average Bonchev–Trinajstić information content (AvgIpc) is 3.13. The van der Waals surface area contributed by atoms with Crippen LogP contribution in [0.15, 0.2) is 5.51 Å². The molecular weight excluding hydrogens is 278 g/mol. The van der Waals surface area contributed by atoms with Crippen LogP contribution in [0.5, 0.6) is 0 Å². The Labute approximate surface area is 120 Å². The van der Waals surface area contributed by atoms with Gasteiger partial charge < -0.3 is 14.5 Å². The number of carbonyl (C=O) groups is 2. The van der Waals surface area contributed by atoms with Crippen LogP contribution in [0.4, 0.5) is 0 Å². The van der Waals surface area contributed by atoms with Gasteiger partial charge in [0.2, 0.25) is 5.91 Å². The van der Waals surface area contributed by atoms with Crippen LogP contribution in [-0.4, -0.2) is 58.1 Å². The second-order valence-electron chi connectivity index (χ2n) is 5.47. The van der Waals surface area contributed by atoms with Gasteiger partial charge in [0, 0.05) is 19.5 Å². The lowest BCUT2D eigenvalue weighted by atomic mass is 10.1. The quantitative estimate of drug-likeness (QED) is 0.762. The molecule has 3 aliphatic rings. The predicted octanol–water partition coefficient (Wildman–Crippen LogP) is 0.625. The van der Waals surface area contributed by atoms with Gasteiger partial charge in [0.15, 0.2) is 5.72 Å². The van der Waals surface area contributed by atoms with Gasteiger partial charge in [-0.3, -0.25) is 9.59 Å². The van der Waals surface area contributed by atoms with Crippen molar-refractivity contribution in [2.45, 2.75) is 31.5 Å². The molecule has 1 aromatic rings. The highest BCUT2D eigenvalue weighted by Gasteiger charge is 2.63. The highest BCUT2D eigenvalue weighted by Crippen LogP contribution is 2.46. The van der Waals surface area contributed by atoms with Crippen LogP contribution in [0, 0.1) is 6.92 Å². The summed E-state index contributed by atoms with van der Waals surface area (Å²) >= 11 is 1.36.